The number of anilines is 1. The third kappa shape index (κ3) is 3.55. The highest BCUT2D eigenvalue weighted by molar-refractivity contribution is 8.00. The van der Waals surface area contributed by atoms with Gasteiger partial charge in [0.25, 0.3) is 0 Å². The molecule has 0 saturated heterocycles. The van der Waals surface area contributed by atoms with Crippen molar-refractivity contribution in [3.05, 3.63) is 70.5 Å². The molecule has 1 aliphatic rings. The van der Waals surface area contributed by atoms with Gasteiger partial charge >= 0.3 is 0 Å². The van der Waals surface area contributed by atoms with E-state index in [4.69, 9.17) is 11.6 Å². The molecule has 1 aromatic heterocycles. The van der Waals surface area contributed by atoms with Crippen molar-refractivity contribution in [3.8, 4) is 0 Å². The number of aromatic nitrogens is 3. The van der Waals surface area contributed by atoms with Crippen LogP contribution < -0.4 is 10.7 Å². The molecule has 2 atom stereocenters. The normalized spacial score (nSPS) is 18.3. The summed E-state index contributed by atoms with van der Waals surface area (Å²) in [7, 11) is 0. The number of hydrogen-bond acceptors (Lipinski definition) is 5. The number of fused-ring (bicyclic) bond motifs is 1. The average Bonchev–Trinajstić information content (AvgIpc) is 3.04. The maximum Gasteiger partial charge on any atom is 0.240 e. The number of benzene rings is 2. The van der Waals surface area contributed by atoms with Crippen LogP contribution in [0.3, 0.4) is 0 Å². The van der Waals surface area contributed by atoms with Crippen LogP contribution in [0.5, 0.6) is 0 Å². The third-order valence-electron chi connectivity index (χ3n) is 4.27. The molecule has 2 aromatic carbocycles. The summed E-state index contributed by atoms with van der Waals surface area (Å²) in [6, 6.07) is 9.40. The van der Waals surface area contributed by atoms with Gasteiger partial charge in [-0.25, -0.2) is 13.5 Å². The molecule has 4 rings (SSSR count). The van der Waals surface area contributed by atoms with Crippen LogP contribution in [-0.4, -0.2) is 26.0 Å². The minimum Gasteiger partial charge on any atom is -0.325 e. The number of nitrogens with zero attached hydrogens (tertiary/aromatic N) is 3. The molecule has 2 N–H and O–H groups in total. The second-order valence-electron chi connectivity index (χ2n) is 6.18. The molecule has 0 bridgehead atoms. The zero-order valence-electron chi connectivity index (χ0n) is 14.5. The lowest BCUT2D eigenvalue weighted by Crippen LogP contribution is -2.41. The highest BCUT2D eigenvalue weighted by Crippen LogP contribution is 2.37. The van der Waals surface area contributed by atoms with Crippen molar-refractivity contribution < 1.29 is 13.6 Å². The molecule has 1 aliphatic heterocycles. The van der Waals surface area contributed by atoms with E-state index < -0.39 is 17.1 Å². The zero-order valence-corrected chi connectivity index (χ0v) is 16.1. The van der Waals surface area contributed by atoms with Gasteiger partial charge in [-0.1, -0.05) is 35.5 Å². The molecule has 0 fully saturated rings. The van der Waals surface area contributed by atoms with Crippen LogP contribution in [0.2, 0.25) is 5.02 Å². The smallest absolute Gasteiger partial charge is 0.240 e. The van der Waals surface area contributed by atoms with Crippen LogP contribution in [0.1, 0.15) is 17.4 Å². The van der Waals surface area contributed by atoms with Crippen molar-refractivity contribution in [2.45, 2.75) is 23.4 Å². The van der Waals surface area contributed by atoms with Crippen molar-refractivity contribution in [2.75, 3.05) is 10.7 Å². The topological polar surface area (TPSA) is 71.8 Å². The first-order valence-corrected chi connectivity index (χ1v) is 9.55. The van der Waals surface area contributed by atoms with E-state index in [1.807, 2.05) is 0 Å². The Balaban J connectivity index is 1.65. The molecule has 2 heterocycles. The molecular formula is C18H14ClF2N5OS. The van der Waals surface area contributed by atoms with E-state index in [9.17, 15) is 13.6 Å². The average molecular weight is 422 g/mol. The van der Waals surface area contributed by atoms with Gasteiger partial charge in [0.2, 0.25) is 11.1 Å². The van der Waals surface area contributed by atoms with Crippen molar-refractivity contribution in [2.24, 2.45) is 0 Å². The Morgan fingerprint density at radius 1 is 1.21 bits per heavy atom. The highest BCUT2D eigenvalue weighted by Gasteiger charge is 2.37. The van der Waals surface area contributed by atoms with E-state index in [-0.39, 0.29) is 16.7 Å². The fraction of sp³-hybridized carbons (Fsp3) is 0.167. The van der Waals surface area contributed by atoms with Crippen LogP contribution in [0.25, 0.3) is 0 Å². The first-order valence-electron chi connectivity index (χ1n) is 8.29. The summed E-state index contributed by atoms with van der Waals surface area (Å²) in [5.41, 5.74) is 4.32. The van der Waals surface area contributed by atoms with Crippen LogP contribution in [0.4, 0.5) is 14.5 Å². The largest absolute Gasteiger partial charge is 0.325 e. The molecule has 0 unspecified atom stereocenters. The first-order chi connectivity index (χ1) is 13.4. The zero-order chi connectivity index (χ0) is 19.8. The maximum absolute atomic E-state index is 13.4. The highest BCUT2D eigenvalue weighted by atomic mass is 35.5. The van der Waals surface area contributed by atoms with Gasteiger partial charge in [0.1, 0.15) is 22.7 Å². The number of thioether (sulfide) groups is 1. The molecule has 0 aliphatic carbocycles. The van der Waals surface area contributed by atoms with Crippen LogP contribution in [-0.2, 0) is 4.79 Å². The second kappa shape index (κ2) is 7.40. The fourth-order valence-corrected chi connectivity index (χ4v) is 4.17. The molecule has 10 heteroatoms. The number of carbonyl (C=O) groups is 1. The Labute approximate surface area is 168 Å². The summed E-state index contributed by atoms with van der Waals surface area (Å²) in [5.74, 6) is -0.628. The first kappa shape index (κ1) is 18.7. The van der Waals surface area contributed by atoms with Crippen molar-refractivity contribution in [1.29, 1.82) is 0 Å². The van der Waals surface area contributed by atoms with Crippen molar-refractivity contribution >= 4 is 35.0 Å². The fourth-order valence-electron chi connectivity index (χ4n) is 2.87. The number of carbonyl (C=O) groups excluding carboxylic acids is 1. The number of hydrogen-bond donors (Lipinski definition) is 2. The second-order valence-corrected chi connectivity index (χ2v) is 7.70. The summed E-state index contributed by atoms with van der Waals surface area (Å²) >= 11 is 7.02. The summed E-state index contributed by atoms with van der Waals surface area (Å²) in [4.78, 5) is 13.0. The molecule has 144 valence electrons. The van der Waals surface area contributed by atoms with Crippen molar-refractivity contribution in [3.63, 3.8) is 0 Å². The lowest BCUT2D eigenvalue weighted by atomic mass is 10.0. The Hall–Kier alpha value is -2.65. The molecule has 28 heavy (non-hydrogen) atoms. The molecule has 0 spiro atoms. The van der Waals surface area contributed by atoms with Gasteiger partial charge in [-0.2, -0.15) is 0 Å². The molecule has 6 nitrogen and oxygen atoms in total. The monoisotopic (exact) mass is 421 g/mol. The minimum absolute atomic E-state index is 0.0855. The molecule has 0 radical (unpaired) electrons. The molecule has 1 amide bonds. The van der Waals surface area contributed by atoms with Gasteiger partial charge in [-0.3, -0.25) is 4.79 Å². The number of aryl methyl sites for hydroxylation is 1. The number of nitrogens with one attached hydrogen (secondary N) is 2. The van der Waals surface area contributed by atoms with E-state index in [1.54, 1.807) is 23.7 Å². The molecular weight excluding hydrogens is 408 g/mol. The third-order valence-corrected chi connectivity index (χ3v) is 5.78. The Morgan fingerprint density at radius 2 is 1.96 bits per heavy atom. The predicted octanol–water partition coefficient (Wildman–Crippen LogP) is 3.92. The van der Waals surface area contributed by atoms with E-state index in [1.165, 1.54) is 42.1 Å². The summed E-state index contributed by atoms with van der Waals surface area (Å²) in [5, 5.41) is 10.6. The van der Waals surface area contributed by atoms with Crippen LogP contribution in [0, 0.1) is 18.6 Å². The summed E-state index contributed by atoms with van der Waals surface area (Å²) < 4.78 is 28.4. The Kier molecular flexibility index (Phi) is 4.94. The van der Waals surface area contributed by atoms with Gasteiger partial charge < -0.3 is 10.7 Å². The van der Waals surface area contributed by atoms with Gasteiger partial charge in [-0.05, 0) is 42.8 Å². The lowest BCUT2D eigenvalue weighted by molar-refractivity contribution is -0.116. The Bertz CT molecular complexity index is 1040. The van der Waals surface area contributed by atoms with Gasteiger partial charge in [0, 0.05) is 5.69 Å². The number of rotatable bonds is 3. The SMILES string of the molecule is Cc1nnc2n1N[C@H](c1ccc(F)cc1)[C@@H](C(=O)Nc1ccc(F)c(Cl)c1)S2. The van der Waals surface area contributed by atoms with Gasteiger partial charge in [0.05, 0.1) is 11.1 Å². The van der Waals surface area contributed by atoms with Crippen molar-refractivity contribution in [1.82, 2.24) is 14.9 Å². The van der Waals surface area contributed by atoms with Gasteiger partial charge in [-0.15, -0.1) is 10.2 Å². The van der Waals surface area contributed by atoms with E-state index in [0.29, 0.717) is 16.7 Å². The lowest BCUT2D eigenvalue weighted by Gasteiger charge is -2.32. The predicted molar refractivity (Wildman–Crippen MR) is 103 cm³/mol. The van der Waals surface area contributed by atoms with Gasteiger partial charge in [0.15, 0.2) is 0 Å². The van der Waals surface area contributed by atoms with E-state index in [2.05, 4.69) is 20.9 Å². The number of halogens is 3. The van der Waals surface area contributed by atoms with E-state index >= 15 is 0 Å². The van der Waals surface area contributed by atoms with E-state index in [0.717, 1.165) is 5.56 Å². The summed E-state index contributed by atoms with van der Waals surface area (Å²) in [6.07, 6.45) is 0. The maximum atomic E-state index is 13.4. The van der Waals surface area contributed by atoms with Crippen LogP contribution in [0.15, 0.2) is 47.6 Å². The summed E-state index contributed by atoms with van der Waals surface area (Å²) in [6.45, 7) is 1.78. The Morgan fingerprint density at radius 3 is 2.68 bits per heavy atom. The van der Waals surface area contributed by atoms with Crippen LogP contribution >= 0.6 is 23.4 Å². The number of amides is 1. The quantitative estimate of drug-likeness (QED) is 0.670. The molecule has 0 saturated carbocycles. The molecule has 3 aromatic rings. The standard InChI is InChI=1S/C18H14ClF2N5OS/c1-9-23-24-18-26(9)25-15(10-2-4-11(20)5-3-10)16(28-18)17(27)22-12-6-7-14(21)13(19)8-12/h2-8,15-16,25H,1H3,(H,22,27)/t15-,16+/m1/s1. The minimum atomic E-state index is -0.634.